The molecule has 2 heterocycles. The molecule has 4 rings (SSSR count). The number of hydrogen-bond acceptors (Lipinski definition) is 3. The van der Waals surface area contributed by atoms with E-state index in [1.165, 1.54) is 23.3 Å². The molecule has 152 valence electrons. The Labute approximate surface area is 187 Å². The summed E-state index contributed by atoms with van der Waals surface area (Å²) in [6.07, 6.45) is 3.40. The number of fused-ring (bicyclic) bond motifs is 1. The van der Waals surface area contributed by atoms with Crippen molar-refractivity contribution >= 4 is 29.9 Å². The highest BCUT2D eigenvalue weighted by molar-refractivity contribution is 14.0. The lowest BCUT2D eigenvalue weighted by atomic mass is 10.0. The van der Waals surface area contributed by atoms with Crippen LogP contribution in [0, 0.1) is 5.82 Å². The van der Waals surface area contributed by atoms with Gasteiger partial charge in [-0.2, -0.15) is 0 Å². The van der Waals surface area contributed by atoms with Crippen molar-refractivity contribution < 1.29 is 8.81 Å². The molecule has 0 unspecified atom stereocenters. The van der Waals surface area contributed by atoms with Crippen LogP contribution in [0.1, 0.15) is 16.8 Å². The molecule has 1 aliphatic heterocycles. The molecular weight excluding hydrogens is 482 g/mol. The molecule has 0 bridgehead atoms. The zero-order valence-corrected chi connectivity index (χ0v) is 18.6. The van der Waals surface area contributed by atoms with Gasteiger partial charge in [0.15, 0.2) is 5.96 Å². The van der Waals surface area contributed by atoms with Gasteiger partial charge in [0.1, 0.15) is 12.1 Å². The molecule has 0 saturated heterocycles. The monoisotopic (exact) mass is 506 g/mol. The summed E-state index contributed by atoms with van der Waals surface area (Å²) in [5.74, 6) is 1.13. The Morgan fingerprint density at radius 1 is 1.17 bits per heavy atom. The Bertz CT molecular complexity index is 971. The Morgan fingerprint density at radius 2 is 1.93 bits per heavy atom. The van der Waals surface area contributed by atoms with Gasteiger partial charge in [0, 0.05) is 38.7 Å². The Hall–Kier alpha value is -2.42. The predicted molar refractivity (Wildman–Crippen MR) is 123 cm³/mol. The number of aliphatic imine (C=N–C) groups is 1. The van der Waals surface area contributed by atoms with Gasteiger partial charge in [-0.05, 0) is 41.8 Å². The first-order valence-corrected chi connectivity index (χ1v) is 9.45. The number of oxazole rings is 1. The van der Waals surface area contributed by atoms with Crippen molar-refractivity contribution in [2.24, 2.45) is 4.99 Å². The van der Waals surface area contributed by atoms with Crippen molar-refractivity contribution in [3.63, 3.8) is 0 Å². The Morgan fingerprint density at radius 3 is 2.69 bits per heavy atom. The van der Waals surface area contributed by atoms with Crippen LogP contribution in [0.2, 0.25) is 0 Å². The van der Waals surface area contributed by atoms with E-state index in [4.69, 9.17) is 4.42 Å². The molecule has 3 aromatic rings. The van der Waals surface area contributed by atoms with Crippen molar-refractivity contribution in [2.75, 3.05) is 20.1 Å². The largest absolute Gasteiger partial charge is 0.444 e. The van der Waals surface area contributed by atoms with E-state index in [0.717, 1.165) is 36.7 Å². The van der Waals surface area contributed by atoms with E-state index in [2.05, 4.69) is 44.5 Å². The smallest absolute Gasteiger partial charge is 0.226 e. The number of guanidine groups is 1. The van der Waals surface area contributed by atoms with E-state index in [-0.39, 0.29) is 29.8 Å². The van der Waals surface area contributed by atoms with E-state index in [1.54, 1.807) is 18.4 Å². The molecule has 1 aromatic heterocycles. The van der Waals surface area contributed by atoms with Gasteiger partial charge in [-0.25, -0.2) is 9.37 Å². The van der Waals surface area contributed by atoms with Crippen LogP contribution >= 0.6 is 24.0 Å². The molecule has 1 N–H and O–H groups in total. The molecule has 0 radical (unpaired) electrons. The third-order valence-corrected chi connectivity index (χ3v) is 4.95. The van der Waals surface area contributed by atoms with Crippen LogP contribution in [0.15, 0.2) is 64.2 Å². The van der Waals surface area contributed by atoms with E-state index in [0.29, 0.717) is 18.9 Å². The minimum atomic E-state index is -0.272. The highest BCUT2D eigenvalue weighted by Gasteiger charge is 2.18. The molecule has 0 fully saturated rings. The highest BCUT2D eigenvalue weighted by Crippen LogP contribution is 2.20. The molecule has 2 aromatic carbocycles. The second-order valence-corrected chi connectivity index (χ2v) is 6.82. The molecule has 0 spiro atoms. The average molecular weight is 506 g/mol. The first-order chi connectivity index (χ1) is 13.7. The van der Waals surface area contributed by atoms with Crippen molar-refractivity contribution in [2.45, 2.75) is 19.4 Å². The zero-order valence-electron chi connectivity index (χ0n) is 16.3. The number of halogens is 2. The maximum absolute atomic E-state index is 13.0. The van der Waals surface area contributed by atoms with Crippen LogP contribution in [0.4, 0.5) is 4.39 Å². The summed E-state index contributed by atoms with van der Waals surface area (Å²) in [5.41, 5.74) is 4.40. The third kappa shape index (κ3) is 5.14. The van der Waals surface area contributed by atoms with Gasteiger partial charge in [0.05, 0.1) is 5.69 Å². The van der Waals surface area contributed by atoms with Gasteiger partial charge in [-0.3, -0.25) is 4.99 Å². The number of aromatic nitrogens is 1. The second kappa shape index (κ2) is 9.87. The zero-order chi connectivity index (χ0) is 19.3. The Kier molecular flexibility index (Phi) is 7.24. The third-order valence-electron chi connectivity index (χ3n) is 4.95. The van der Waals surface area contributed by atoms with Crippen molar-refractivity contribution in [1.29, 1.82) is 0 Å². The fraction of sp³-hybridized carbons (Fsp3) is 0.273. The number of nitrogens with zero attached hydrogens (tertiary/aromatic N) is 3. The molecule has 0 atom stereocenters. The fourth-order valence-corrected chi connectivity index (χ4v) is 3.46. The SMILES string of the molecule is CN=C(NCCc1coc(-c2ccc(F)cc2)n1)N1CCc2ccccc2C1.I. The molecule has 0 amide bonds. The molecular formula is C22H24FIN4O. The molecule has 0 aliphatic carbocycles. The van der Waals surface area contributed by atoms with Crippen LogP contribution in [-0.4, -0.2) is 36.0 Å². The minimum Gasteiger partial charge on any atom is -0.444 e. The van der Waals surface area contributed by atoms with E-state index in [1.807, 2.05) is 7.05 Å². The van der Waals surface area contributed by atoms with Crippen molar-refractivity contribution in [1.82, 2.24) is 15.2 Å². The number of nitrogens with one attached hydrogen (secondary N) is 1. The average Bonchev–Trinajstić information content (AvgIpc) is 3.20. The minimum absolute atomic E-state index is 0. The summed E-state index contributed by atoms with van der Waals surface area (Å²) >= 11 is 0. The normalized spacial score (nSPS) is 13.6. The fourth-order valence-electron chi connectivity index (χ4n) is 3.46. The standard InChI is InChI=1S/C22H23FN4O.HI/c1-24-22(27-13-11-16-4-2-3-5-18(16)14-27)25-12-10-20-15-28-21(26-20)17-6-8-19(23)9-7-17;/h2-9,15H,10-14H2,1H3,(H,24,25);1H. The summed E-state index contributed by atoms with van der Waals surface area (Å²) in [7, 11) is 1.81. The number of benzene rings is 2. The van der Waals surface area contributed by atoms with Crippen LogP contribution < -0.4 is 5.32 Å². The molecule has 1 aliphatic rings. The maximum Gasteiger partial charge on any atom is 0.226 e. The van der Waals surface area contributed by atoms with Crippen LogP contribution in [-0.2, 0) is 19.4 Å². The van der Waals surface area contributed by atoms with Crippen LogP contribution in [0.3, 0.4) is 0 Å². The van der Waals surface area contributed by atoms with Gasteiger partial charge in [-0.1, -0.05) is 24.3 Å². The molecule has 5 nitrogen and oxygen atoms in total. The lowest BCUT2D eigenvalue weighted by Gasteiger charge is -2.31. The predicted octanol–water partition coefficient (Wildman–Crippen LogP) is 4.27. The highest BCUT2D eigenvalue weighted by atomic mass is 127. The quantitative estimate of drug-likeness (QED) is 0.326. The Balaban J connectivity index is 0.00000240. The molecule has 29 heavy (non-hydrogen) atoms. The molecule has 0 saturated carbocycles. The van der Waals surface area contributed by atoms with E-state index >= 15 is 0 Å². The van der Waals surface area contributed by atoms with Crippen molar-refractivity contribution in [3.05, 3.63) is 77.4 Å². The van der Waals surface area contributed by atoms with Crippen LogP contribution in [0.5, 0.6) is 0 Å². The van der Waals surface area contributed by atoms with Gasteiger partial charge >= 0.3 is 0 Å². The topological polar surface area (TPSA) is 53.7 Å². The van der Waals surface area contributed by atoms with Gasteiger partial charge in [0.25, 0.3) is 0 Å². The summed E-state index contributed by atoms with van der Waals surface area (Å²) in [5, 5.41) is 3.42. The summed E-state index contributed by atoms with van der Waals surface area (Å²) in [6, 6.07) is 14.7. The first-order valence-electron chi connectivity index (χ1n) is 9.45. The first kappa shape index (κ1) is 21.3. The maximum atomic E-state index is 13.0. The van der Waals surface area contributed by atoms with Crippen molar-refractivity contribution in [3.8, 4) is 11.5 Å². The van der Waals surface area contributed by atoms with E-state index in [9.17, 15) is 4.39 Å². The van der Waals surface area contributed by atoms with Gasteiger partial charge in [-0.15, -0.1) is 24.0 Å². The van der Waals surface area contributed by atoms with Crippen LogP contribution in [0.25, 0.3) is 11.5 Å². The summed E-state index contributed by atoms with van der Waals surface area (Å²) in [4.78, 5) is 11.2. The van der Waals surface area contributed by atoms with Gasteiger partial charge in [0.2, 0.25) is 5.89 Å². The lowest BCUT2D eigenvalue weighted by Crippen LogP contribution is -2.44. The second-order valence-electron chi connectivity index (χ2n) is 6.82. The summed E-state index contributed by atoms with van der Waals surface area (Å²) in [6.45, 7) is 2.53. The molecule has 7 heteroatoms. The lowest BCUT2D eigenvalue weighted by molar-refractivity contribution is 0.379. The van der Waals surface area contributed by atoms with Gasteiger partial charge < -0.3 is 14.6 Å². The van der Waals surface area contributed by atoms with E-state index < -0.39 is 0 Å². The number of rotatable bonds is 4. The number of hydrogen-bond donors (Lipinski definition) is 1. The summed E-state index contributed by atoms with van der Waals surface area (Å²) < 4.78 is 18.6.